The first-order chi connectivity index (χ1) is 7.20. The summed E-state index contributed by atoms with van der Waals surface area (Å²) in [5, 5.41) is 3.42. The molecule has 0 aromatic rings. The first-order valence-electron chi connectivity index (χ1n) is 6.00. The smallest absolute Gasteiger partial charge is 0.000968 e. The maximum atomic E-state index is 5.53. The van der Waals surface area contributed by atoms with E-state index in [-0.39, 0.29) is 0 Å². The van der Waals surface area contributed by atoms with Crippen LogP contribution >= 0.6 is 0 Å². The third-order valence-electron chi connectivity index (χ3n) is 2.53. The molecule has 4 nitrogen and oxygen atoms in total. The lowest BCUT2D eigenvalue weighted by atomic mass is 10.2. The minimum absolute atomic E-state index is 0.583. The molecule has 0 aliphatic heterocycles. The quantitative estimate of drug-likeness (QED) is 0.444. The van der Waals surface area contributed by atoms with Crippen LogP contribution in [-0.2, 0) is 0 Å². The van der Waals surface area contributed by atoms with Gasteiger partial charge in [-0.3, -0.25) is 0 Å². The molecule has 0 saturated heterocycles. The van der Waals surface area contributed by atoms with Crippen molar-refractivity contribution < 1.29 is 0 Å². The third-order valence-corrected chi connectivity index (χ3v) is 2.53. The molecule has 0 aromatic carbocycles. The van der Waals surface area contributed by atoms with Gasteiger partial charge in [-0.1, -0.05) is 6.92 Å². The van der Waals surface area contributed by atoms with Gasteiger partial charge in [0.2, 0.25) is 0 Å². The van der Waals surface area contributed by atoms with E-state index < -0.39 is 0 Å². The zero-order valence-electron chi connectivity index (χ0n) is 10.3. The molecule has 5 N–H and O–H groups in total. The van der Waals surface area contributed by atoms with Crippen LogP contribution in [0.4, 0.5) is 0 Å². The predicted octanol–water partition coefficient (Wildman–Crippen LogP) is -0.158. The lowest BCUT2D eigenvalue weighted by Gasteiger charge is -2.16. The number of nitrogens with zero attached hydrogens (tertiary/aromatic N) is 1. The highest BCUT2D eigenvalue weighted by atomic mass is 15.1. The van der Waals surface area contributed by atoms with Crippen LogP contribution in [0, 0.1) is 5.92 Å². The second-order valence-electron chi connectivity index (χ2n) is 4.34. The Bertz CT molecular complexity index is 130. The first-order valence-corrected chi connectivity index (χ1v) is 6.00. The van der Waals surface area contributed by atoms with Crippen LogP contribution in [0.5, 0.6) is 0 Å². The lowest BCUT2D eigenvalue weighted by Crippen LogP contribution is -2.29. The summed E-state index contributed by atoms with van der Waals surface area (Å²) in [6.45, 7) is 8.08. The molecule has 0 aliphatic rings. The summed E-state index contributed by atoms with van der Waals surface area (Å²) < 4.78 is 0. The summed E-state index contributed by atoms with van der Waals surface area (Å²) in [6, 6.07) is 0. The molecule has 0 aliphatic carbocycles. The van der Waals surface area contributed by atoms with E-state index in [1.807, 2.05) is 0 Å². The molecule has 0 spiro atoms. The SMILES string of the molecule is CC(CN)CNCCCN(C)CCCN. The van der Waals surface area contributed by atoms with Crippen LogP contribution in [0.1, 0.15) is 19.8 Å². The number of nitrogens with one attached hydrogen (secondary N) is 1. The van der Waals surface area contributed by atoms with Crippen LogP contribution in [0.25, 0.3) is 0 Å². The fourth-order valence-corrected chi connectivity index (χ4v) is 1.38. The number of hydrogen-bond donors (Lipinski definition) is 3. The van der Waals surface area contributed by atoms with Crippen molar-refractivity contribution >= 4 is 0 Å². The van der Waals surface area contributed by atoms with Gasteiger partial charge in [0.25, 0.3) is 0 Å². The Labute approximate surface area is 94.4 Å². The highest BCUT2D eigenvalue weighted by Crippen LogP contribution is 1.90. The van der Waals surface area contributed by atoms with Crippen LogP contribution < -0.4 is 16.8 Å². The van der Waals surface area contributed by atoms with E-state index >= 15 is 0 Å². The van der Waals surface area contributed by atoms with Gasteiger partial charge in [-0.25, -0.2) is 0 Å². The van der Waals surface area contributed by atoms with E-state index in [0.717, 1.165) is 45.7 Å². The van der Waals surface area contributed by atoms with Crippen molar-refractivity contribution in [1.82, 2.24) is 10.2 Å². The Morgan fingerprint density at radius 1 is 1.20 bits per heavy atom. The zero-order valence-corrected chi connectivity index (χ0v) is 10.3. The summed E-state index contributed by atoms with van der Waals surface area (Å²) in [5.74, 6) is 0.583. The average molecular weight is 216 g/mol. The molecule has 0 radical (unpaired) electrons. The second kappa shape index (κ2) is 10.4. The van der Waals surface area contributed by atoms with E-state index in [4.69, 9.17) is 11.5 Å². The van der Waals surface area contributed by atoms with Crippen molar-refractivity contribution in [3.8, 4) is 0 Å². The van der Waals surface area contributed by atoms with Gasteiger partial charge in [-0.15, -0.1) is 0 Å². The van der Waals surface area contributed by atoms with Gasteiger partial charge in [-0.2, -0.15) is 0 Å². The van der Waals surface area contributed by atoms with Crippen molar-refractivity contribution in [2.24, 2.45) is 17.4 Å². The van der Waals surface area contributed by atoms with Crippen molar-refractivity contribution in [1.29, 1.82) is 0 Å². The standard InChI is InChI=1S/C11H28N4/c1-11(9-13)10-14-6-4-8-15(2)7-3-5-12/h11,14H,3-10,12-13H2,1-2H3. The van der Waals surface area contributed by atoms with E-state index in [0.29, 0.717) is 5.92 Å². The molecule has 92 valence electrons. The molecule has 0 fully saturated rings. The second-order valence-corrected chi connectivity index (χ2v) is 4.34. The monoisotopic (exact) mass is 216 g/mol. The molecular formula is C11H28N4. The van der Waals surface area contributed by atoms with Crippen LogP contribution in [0.2, 0.25) is 0 Å². The van der Waals surface area contributed by atoms with Crippen molar-refractivity contribution in [3.05, 3.63) is 0 Å². The summed E-state index contributed by atoms with van der Waals surface area (Å²) >= 11 is 0. The molecule has 1 unspecified atom stereocenters. The molecule has 1 atom stereocenters. The number of hydrogen-bond acceptors (Lipinski definition) is 4. The van der Waals surface area contributed by atoms with Crippen molar-refractivity contribution in [2.45, 2.75) is 19.8 Å². The van der Waals surface area contributed by atoms with E-state index in [2.05, 4.69) is 24.2 Å². The van der Waals surface area contributed by atoms with E-state index in [9.17, 15) is 0 Å². The lowest BCUT2D eigenvalue weighted by molar-refractivity contribution is 0.323. The molecule has 0 rings (SSSR count). The highest BCUT2D eigenvalue weighted by Gasteiger charge is 1.99. The van der Waals surface area contributed by atoms with Gasteiger partial charge >= 0.3 is 0 Å². The van der Waals surface area contributed by atoms with Crippen LogP contribution in [0.15, 0.2) is 0 Å². The highest BCUT2D eigenvalue weighted by molar-refractivity contribution is 4.59. The van der Waals surface area contributed by atoms with Gasteiger partial charge in [0.05, 0.1) is 0 Å². The zero-order chi connectivity index (χ0) is 11.5. The van der Waals surface area contributed by atoms with Crippen LogP contribution in [-0.4, -0.2) is 51.2 Å². The summed E-state index contributed by atoms with van der Waals surface area (Å²) in [4.78, 5) is 2.33. The molecule has 0 amide bonds. The molecule has 0 aromatic heterocycles. The summed E-state index contributed by atoms with van der Waals surface area (Å²) in [6.07, 6.45) is 2.28. The minimum Gasteiger partial charge on any atom is -0.330 e. The van der Waals surface area contributed by atoms with Gasteiger partial charge in [0.1, 0.15) is 0 Å². The molecule has 0 heterocycles. The van der Waals surface area contributed by atoms with E-state index in [1.54, 1.807) is 0 Å². The fraction of sp³-hybridized carbons (Fsp3) is 1.00. The molecule has 0 bridgehead atoms. The largest absolute Gasteiger partial charge is 0.330 e. The Balaban J connectivity index is 3.16. The maximum Gasteiger partial charge on any atom is -0.000968 e. The Morgan fingerprint density at radius 3 is 2.47 bits per heavy atom. The Morgan fingerprint density at radius 2 is 1.87 bits per heavy atom. The number of rotatable bonds is 10. The van der Waals surface area contributed by atoms with Gasteiger partial charge < -0.3 is 21.7 Å². The molecule has 0 saturated carbocycles. The van der Waals surface area contributed by atoms with Gasteiger partial charge in [-0.05, 0) is 65.1 Å². The minimum atomic E-state index is 0.583. The normalized spacial score (nSPS) is 13.4. The van der Waals surface area contributed by atoms with E-state index in [1.165, 1.54) is 6.42 Å². The average Bonchev–Trinajstić information content (AvgIpc) is 2.25. The first kappa shape index (κ1) is 14.8. The Hall–Kier alpha value is -0.160. The maximum absolute atomic E-state index is 5.53. The summed E-state index contributed by atoms with van der Waals surface area (Å²) in [5.41, 5.74) is 11.0. The van der Waals surface area contributed by atoms with Crippen molar-refractivity contribution in [3.63, 3.8) is 0 Å². The van der Waals surface area contributed by atoms with Gasteiger partial charge in [0.15, 0.2) is 0 Å². The topological polar surface area (TPSA) is 67.3 Å². The number of nitrogens with two attached hydrogens (primary N) is 2. The molecule has 15 heavy (non-hydrogen) atoms. The Kier molecular flexibility index (Phi) is 10.3. The third kappa shape index (κ3) is 10.1. The molecular weight excluding hydrogens is 188 g/mol. The summed E-state index contributed by atoms with van der Waals surface area (Å²) in [7, 11) is 2.15. The molecule has 4 heteroatoms. The van der Waals surface area contributed by atoms with Gasteiger partial charge in [0, 0.05) is 0 Å². The van der Waals surface area contributed by atoms with Crippen LogP contribution in [0.3, 0.4) is 0 Å². The van der Waals surface area contributed by atoms with Crippen molar-refractivity contribution in [2.75, 3.05) is 46.3 Å². The fourth-order valence-electron chi connectivity index (χ4n) is 1.38. The predicted molar refractivity (Wildman–Crippen MR) is 66.9 cm³/mol.